The minimum Gasteiger partial charge on any atom is -0.316 e. The van der Waals surface area contributed by atoms with Gasteiger partial charge in [-0.15, -0.1) is 0 Å². The second-order valence-electron chi connectivity index (χ2n) is 4.76. The molecule has 2 aliphatic rings. The highest BCUT2D eigenvalue weighted by Gasteiger charge is 2.48. The second kappa shape index (κ2) is 3.99. The van der Waals surface area contributed by atoms with Crippen molar-refractivity contribution in [3.63, 3.8) is 0 Å². The number of aryl methyl sites for hydroxylation is 1. The van der Waals surface area contributed by atoms with Gasteiger partial charge >= 0.3 is 0 Å². The summed E-state index contributed by atoms with van der Waals surface area (Å²) in [5.74, 6) is 0.370. The Morgan fingerprint density at radius 2 is 2.06 bits per heavy atom. The van der Waals surface area contributed by atoms with Crippen molar-refractivity contribution in [3.05, 3.63) is 29.8 Å². The van der Waals surface area contributed by atoms with Crippen LogP contribution in [0.5, 0.6) is 0 Å². The molecule has 2 heterocycles. The number of para-hydroxylation sites is 1. The van der Waals surface area contributed by atoms with Crippen LogP contribution in [0, 0.1) is 12.3 Å². The van der Waals surface area contributed by atoms with E-state index < -0.39 is 9.84 Å². The summed E-state index contributed by atoms with van der Waals surface area (Å²) in [6.45, 7) is 1.99. The van der Waals surface area contributed by atoms with Crippen LogP contribution >= 0.6 is 11.8 Å². The van der Waals surface area contributed by atoms with E-state index in [-0.39, 0.29) is 22.8 Å². The molecule has 0 bridgehead atoms. The molecule has 0 spiro atoms. The zero-order valence-electron chi connectivity index (χ0n) is 9.96. The van der Waals surface area contributed by atoms with E-state index >= 15 is 0 Å². The number of anilines is 1. The van der Waals surface area contributed by atoms with E-state index in [1.54, 1.807) is 0 Å². The number of hydrogen-bond donors (Lipinski definition) is 1. The van der Waals surface area contributed by atoms with Crippen molar-refractivity contribution in [1.29, 1.82) is 5.41 Å². The fourth-order valence-corrected chi connectivity index (χ4v) is 6.41. The lowest BCUT2D eigenvalue weighted by Gasteiger charge is -2.25. The first-order chi connectivity index (χ1) is 8.48. The zero-order chi connectivity index (χ0) is 12.9. The summed E-state index contributed by atoms with van der Waals surface area (Å²) in [5.41, 5.74) is 2.03. The molecule has 0 aliphatic carbocycles. The van der Waals surface area contributed by atoms with Crippen LogP contribution in [0.25, 0.3) is 0 Å². The Morgan fingerprint density at radius 1 is 1.33 bits per heavy atom. The van der Waals surface area contributed by atoms with Gasteiger partial charge in [-0.2, -0.15) is 0 Å². The lowest BCUT2D eigenvalue weighted by atomic mass is 10.1. The molecule has 96 valence electrons. The summed E-state index contributed by atoms with van der Waals surface area (Å²) in [4.78, 5) is 1.88. The van der Waals surface area contributed by atoms with Crippen molar-refractivity contribution in [1.82, 2.24) is 0 Å². The molecule has 1 N–H and O–H groups in total. The molecule has 2 saturated heterocycles. The Labute approximate surface area is 111 Å². The van der Waals surface area contributed by atoms with Crippen molar-refractivity contribution in [2.45, 2.75) is 18.2 Å². The normalized spacial score (nSPS) is 29.6. The van der Waals surface area contributed by atoms with E-state index in [1.165, 1.54) is 11.8 Å². The van der Waals surface area contributed by atoms with Gasteiger partial charge in [-0.3, -0.25) is 5.41 Å². The SMILES string of the molecule is Cc1ccccc1N1C(=N)S[C@H]2CS(=O)(=O)C[C@H]21. The molecule has 3 rings (SSSR count). The van der Waals surface area contributed by atoms with Gasteiger partial charge in [-0.05, 0) is 18.6 Å². The van der Waals surface area contributed by atoms with Crippen molar-refractivity contribution in [3.8, 4) is 0 Å². The van der Waals surface area contributed by atoms with Gasteiger partial charge in [0.25, 0.3) is 0 Å². The zero-order valence-corrected chi connectivity index (χ0v) is 11.6. The van der Waals surface area contributed by atoms with Crippen LogP contribution in [-0.2, 0) is 9.84 Å². The summed E-state index contributed by atoms with van der Waals surface area (Å²) in [6, 6.07) is 7.75. The molecule has 2 atom stereocenters. The van der Waals surface area contributed by atoms with Crippen LogP contribution in [0.3, 0.4) is 0 Å². The molecule has 0 saturated carbocycles. The summed E-state index contributed by atoms with van der Waals surface area (Å²) < 4.78 is 23.4. The van der Waals surface area contributed by atoms with Crippen molar-refractivity contribution >= 4 is 32.5 Å². The molecule has 0 unspecified atom stereocenters. The van der Waals surface area contributed by atoms with E-state index in [1.807, 2.05) is 36.1 Å². The Bertz CT molecular complexity index is 612. The highest BCUT2D eigenvalue weighted by Crippen LogP contribution is 2.40. The Kier molecular flexibility index (Phi) is 2.67. The molecular weight excluding hydrogens is 268 g/mol. The van der Waals surface area contributed by atoms with Crippen molar-refractivity contribution in [2.75, 3.05) is 16.4 Å². The molecule has 0 aromatic heterocycles. The smallest absolute Gasteiger partial charge is 0.161 e. The van der Waals surface area contributed by atoms with Gasteiger partial charge in [0.1, 0.15) is 0 Å². The fourth-order valence-electron chi connectivity index (χ4n) is 2.62. The highest BCUT2D eigenvalue weighted by molar-refractivity contribution is 8.15. The van der Waals surface area contributed by atoms with Gasteiger partial charge in [-0.25, -0.2) is 8.42 Å². The van der Waals surface area contributed by atoms with Gasteiger partial charge < -0.3 is 4.90 Å². The molecule has 18 heavy (non-hydrogen) atoms. The molecule has 1 aromatic rings. The average molecular weight is 282 g/mol. The number of rotatable bonds is 1. The van der Waals surface area contributed by atoms with Gasteiger partial charge in [0.2, 0.25) is 0 Å². The minimum atomic E-state index is -2.94. The van der Waals surface area contributed by atoms with Gasteiger partial charge in [-0.1, -0.05) is 30.0 Å². The van der Waals surface area contributed by atoms with Crippen LogP contribution < -0.4 is 4.90 Å². The number of hydrogen-bond acceptors (Lipinski definition) is 4. The molecule has 0 radical (unpaired) electrons. The Balaban J connectivity index is 2.02. The number of amidine groups is 1. The topological polar surface area (TPSA) is 61.2 Å². The first-order valence-electron chi connectivity index (χ1n) is 5.78. The fraction of sp³-hybridized carbons (Fsp3) is 0.417. The van der Waals surface area contributed by atoms with E-state index in [4.69, 9.17) is 5.41 Å². The maximum atomic E-state index is 11.7. The third kappa shape index (κ3) is 1.83. The monoisotopic (exact) mass is 282 g/mol. The molecule has 1 aromatic carbocycles. The number of benzene rings is 1. The molecule has 0 amide bonds. The number of nitrogens with zero attached hydrogens (tertiary/aromatic N) is 1. The molecule has 4 nitrogen and oxygen atoms in total. The third-order valence-corrected chi connectivity index (χ3v) is 6.59. The van der Waals surface area contributed by atoms with E-state index in [0.717, 1.165) is 11.3 Å². The quantitative estimate of drug-likeness (QED) is 0.851. The molecule has 2 aliphatic heterocycles. The lowest BCUT2D eigenvalue weighted by Crippen LogP contribution is -2.37. The second-order valence-corrected chi connectivity index (χ2v) is 8.14. The predicted molar refractivity (Wildman–Crippen MR) is 75.2 cm³/mol. The highest BCUT2D eigenvalue weighted by atomic mass is 32.2. The molecule has 6 heteroatoms. The van der Waals surface area contributed by atoms with E-state index in [9.17, 15) is 8.42 Å². The van der Waals surface area contributed by atoms with Crippen LogP contribution in [-0.4, -0.2) is 36.4 Å². The average Bonchev–Trinajstić information content (AvgIpc) is 2.70. The summed E-state index contributed by atoms with van der Waals surface area (Å²) in [5, 5.41) is 8.54. The van der Waals surface area contributed by atoms with Gasteiger partial charge in [0.15, 0.2) is 15.0 Å². The number of fused-ring (bicyclic) bond motifs is 1. The van der Waals surface area contributed by atoms with Gasteiger partial charge in [0, 0.05) is 10.9 Å². The standard InChI is InChI=1S/C12H14N2O2S2/c1-8-4-2-3-5-9(8)14-10-6-18(15,16)7-11(10)17-12(14)13/h2-5,10-11,13H,6-7H2,1H3/t10-,11+/m1/s1. The number of nitrogens with one attached hydrogen (secondary N) is 1. The maximum absolute atomic E-state index is 11.7. The molecule has 2 fully saturated rings. The van der Waals surface area contributed by atoms with E-state index in [2.05, 4.69) is 0 Å². The largest absolute Gasteiger partial charge is 0.316 e. The van der Waals surface area contributed by atoms with Crippen LogP contribution in [0.15, 0.2) is 24.3 Å². The first-order valence-corrected chi connectivity index (χ1v) is 8.48. The lowest BCUT2D eigenvalue weighted by molar-refractivity contribution is 0.601. The van der Waals surface area contributed by atoms with Crippen LogP contribution in [0.4, 0.5) is 5.69 Å². The van der Waals surface area contributed by atoms with Gasteiger partial charge in [0.05, 0.1) is 17.5 Å². The van der Waals surface area contributed by atoms with Crippen molar-refractivity contribution in [2.24, 2.45) is 0 Å². The Morgan fingerprint density at radius 3 is 2.78 bits per heavy atom. The third-order valence-electron chi connectivity index (χ3n) is 3.46. The van der Waals surface area contributed by atoms with Crippen LogP contribution in [0.1, 0.15) is 5.56 Å². The maximum Gasteiger partial charge on any atom is 0.161 e. The predicted octanol–water partition coefficient (Wildman–Crippen LogP) is 1.65. The molecular formula is C12H14N2O2S2. The van der Waals surface area contributed by atoms with E-state index in [0.29, 0.717) is 5.17 Å². The van der Waals surface area contributed by atoms with Crippen LogP contribution in [0.2, 0.25) is 0 Å². The Hall–Kier alpha value is -1.01. The minimum absolute atomic E-state index is 0.0158. The summed E-state index contributed by atoms with van der Waals surface area (Å²) in [6.07, 6.45) is 0. The summed E-state index contributed by atoms with van der Waals surface area (Å²) >= 11 is 1.38. The first kappa shape index (κ1) is 12.0. The number of sulfone groups is 1. The van der Waals surface area contributed by atoms with Crippen molar-refractivity contribution < 1.29 is 8.42 Å². The number of thioether (sulfide) groups is 1. The summed E-state index contributed by atoms with van der Waals surface area (Å²) in [7, 11) is -2.94.